The van der Waals surface area contributed by atoms with Crippen molar-refractivity contribution >= 4 is 23.1 Å². The van der Waals surface area contributed by atoms with Crippen LogP contribution in [0.15, 0.2) is 66.7 Å². The summed E-state index contributed by atoms with van der Waals surface area (Å²) in [4.78, 5) is 19.8. The average Bonchev–Trinajstić information content (AvgIpc) is 3.22. The molecule has 1 aliphatic heterocycles. The number of anilines is 3. The van der Waals surface area contributed by atoms with Crippen LogP contribution in [0.25, 0.3) is 11.3 Å². The van der Waals surface area contributed by atoms with Crippen molar-refractivity contribution in [1.82, 2.24) is 14.5 Å². The molecule has 2 N–H and O–H groups in total. The van der Waals surface area contributed by atoms with Crippen LogP contribution < -0.4 is 10.6 Å². The van der Waals surface area contributed by atoms with Gasteiger partial charge in [0.15, 0.2) is 0 Å². The molecule has 2 heterocycles. The monoisotopic (exact) mass is 483 g/mol. The topological polar surface area (TPSA) is 62.2 Å². The number of hydrogen-bond acceptors (Lipinski definition) is 4. The molecular formula is C29H30FN5O. The second kappa shape index (κ2) is 9.85. The molecule has 0 spiro atoms. The molecule has 7 heteroatoms. The molecule has 0 fully saturated rings. The summed E-state index contributed by atoms with van der Waals surface area (Å²) in [7, 11) is 0. The van der Waals surface area contributed by atoms with E-state index in [9.17, 15) is 9.18 Å². The first-order chi connectivity index (χ1) is 17.4. The van der Waals surface area contributed by atoms with Gasteiger partial charge in [-0.15, -0.1) is 0 Å². The summed E-state index contributed by atoms with van der Waals surface area (Å²) in [6.07, 6.45) is 0. The maximum absolute atomic E-state index is 13.6. The molecule has 3 aromatic carbocycles. The summed E-state index contributed by atoms with van der Waals surface area (Å²) in [5, 5.41) is 6.79. The number of nitrogens with zero attached hydrogens (tertiary/aromatic N) is 3. The summed E-state index contributed by atoms with van der Waals surface area (Å²) in [6, 6.07) is 20.7. The Labute approximate surface area is 210 Å². The molecule has 0 radical (unpaired) electrons. The zero-order valence-electron chi connectivity index (χ0n) is 20.8. The highest BCUT2D eigenvalue weighted by atomic mass is 19.1. The van der Waals surface area contributed by atoms with Crippen molar-refractivity contribution in [2.24, 2.45) is 0 Å². The van der Waals surface area contributed by atoms with E-state index in [-0.39, 0.29) is 18.3 Å². The molecule has 36 heavy (non-hydrogen) atoms. The molecule has 0 saturated heterocycles. The number of benzene rings is 3. The van der Waals surface area contributed by atoms with E-state index in [4.69, 9.17) is 4.98 Å². The van der Waals surface area contributed by atoms with E-state index in [0.29, 0.717) is 19.6 Å². The molecule has 184 valence electrons. The van der Waals surface area contributed by atoms with Crippen LogP contribution in [0, 0.1) is 26.6 Å². The van der Waals surface area contributed by atoms with Crippen molar-refractivity contribution in [2.45, 2.75) is 33.9 Å². The largest absolute Gasteiger partial charge is 0.376 e. The minimum Gasteiger partial charge on any atom is -0.376 e. The minimum absolute atomic E-state index is 0.0283. The molecule has 0 bridgehead atoms. The van der Waals surface area contributed by atoms with Crippen molar-refractivity contribution < 1.29 is 9.18 Å². The first-order valence-electron chi connectivity index (χ1n) is 12.2. The predicted octanol–water partition coefficient (Wildman–Crippen LogP) is 5.81. The number of carbonyl (C=O) groups is 1. The van der Waals surface area contributed by atoms with Gasteiger partial charge in [0, 0.05) is 30.0 Å². The van der Waals surface area contributed by atoms with E-state index >= 15 is 0 Å². The standard InChI is InChI=1S/C29H30FN5O/c1-19-4-11-24(12-5-19)32-29-28(22-7-9-23(30)10-8-22)33-26-18-34(14-15-35(26)29)27(36)17-31-25-13-6-20(2)16-21(25)3/h4-13,16,31-32H,14-15,17-18H2,1-3H3. The maximum atomic E-state index is 13.6. The zero-order chi connectivity index (χ0) is 25.2. The van der Waals surface area contributed by atoms with Crippen LogP contribution in [-0.2, 0) is 17.9 Å². The van der Waals surface area contributed by atoms with Gasteiger partial charge in [0.05, 0.1) is 13.1 Å². The number of hydrogen-bond donors (Lipinski definition) is 2. The molecular weight excluding hydrogens is 453 g/mol. The number of aryl methyl sites for hydroxylation is 3. The third kappa shape index (κ3) is 4.96. The Morgan fingerprint density at radius 2 is 1.67 bits per heavy atom. The highest BCUT2D eigenvalue weighted by Gasteiger charge is 2.27. The summed E-state index contributed by atoms with van der Waals surface area (Å²) >= 11 is 0. The summed E-state index contributed by atoms with van der Waals surface area (Å²) in [6.45, 7) is 7.99. The Bertz CT molecular complexity index is 1390. The number of aromatic nitrogens is 2. The Hall–Kier alpha value is -4.13. The normalized spacial score (nSPS) is 12.8. The molecule has 0 unspecified atom stereocenters. The summed E-state index contributed by atoms with van der Waals surface area (Å²) in [5.41, 5.74) is 6.97. The first-order valence-corrected chi connectivity index (χ1v) is 12.2. The van der Waals surface area contributed by atoms with Crippen LogP contribution in [-0.4, -0.2) is 33.4 Å². The quantitative estimate of drug-likeness (QED) is 0.363. The minimum atomic E-state index is -0.288. The fourth-order valence-electron chi connectivity index (χ4n) is 4.55. The Morgan fingerprint density at radius 1 is 0.944 bits per heavy atom. The molecule has 0 atom stereocenters. The number of fused-ring (bicyclic) bond motifs is 1. The fraction of sp³-hybridized carbons (Fsp3) is 0.241. The Balaban J connectivity index is 1.38. The van der Waals surface area contributed by atoms with Crippen molar-refractivity contribution in [3.05, 3.63) is 95.1 Å². The average molecular weight is 484 g/mol. The number of imidazole rings is 1. The number of amides is 1. The molecule has 0 aliphatic carbocycles. The van der Waals surface area contributed by atoms with Gasteiger partial charge in [-0.1, -0.05) is 35.4 Å². The highest BCUT2D eigenvalue weighted by molar-refractivity contribution is 5.82. The Kier molecular flexibility index (Phi) is 6.46. The summed E-state index contributed by atoms with van der Waals surface area (Å²) < 4.78 is 15.7. The van der Waals surface area contributed by atoms with Crippen LogP contribution in [0.2, 0.25) is 0 Å². The Morgan fingerprint density at radius 3 is 2.39 bits per heavy atom. The van der Waals surface area contributed by atoms with E-state index in [2.05, 4.69) is 47.2 Å². The molecule has 4 aromatic rings. The lowest BCUT2D eigenvalue weighted by Crippen LogP contribution is -2.41. The number of nitrogens with one attached hydrogen (secondary N) is 2. The van der Waals surface area contributed by atoms with E-state index in [1.165, 1.54) is 23.3 Å². The van der Waals surface area contributed by atoms with Gasteiger partial charge in [-0.2, -0.15) is 0 Å². The van der Waals surface area contributed by atoms with E-state index < -0.39 is 0 Å². The number of carbonyl (C=O) groups excluding carboxylic acids is 1. The highest BCUT2D eigenvalue weighted by Crippen LogP contribution is 2.33. The first kappa shape index (κ1) is 23.6. The summed E-state index contributed by atoms with van der Waals surface area (Å²) in [5.74, 6) is 1.39. The van der Waals surface area contributed by atoms with Gasteiger partial charge in [0.1, 0.15) is 23.2 Å². The van der Waals surface area contributed by atoms with Crippen LogP contribution in [0.3, 0.4) is 0 Å². The van der Waals surface area contributed by atoms with Crippen molar-refractivity contribution in [2.75, 3.05) is 23.7 Å². The van der Waals surface area contributed by atoms with Gasteiger partial charge in [-0.3, -0.25) is 4.79 Å². The molecule has 1 aliphatic rings. The smallest absolute Gasteiger partial charge is 0.242 e. The van der Waals surface area contributed by atoms with Gasteiger partial charge < -0.3 is 20.1 Å². The molecule has 5 rings (SSSR count). The van der Waals surface area contributed by atoms with Crippen LogP contribution in [0.5, 0.6) is 0 Å². The second-order valence-electron chi connectivity index (χ2n) is 9.36. The number of rotatable bonds is 6. The molecule has 0 saturated carbocycles. The van der Waals surface area contributed by atoms with Gasteiger partial charge in [-0.25, -0.2) is 9.37 Å². The van der Waals surface area contributed by atoms with E-state index in [1.807, 2.05) is 36.1 Å². The van der Waals surface area contributed by atoms with Crippen LogP contribution in [0.1, 0.15) is 22.5 Å². The lowest BCUT2D eigenvalue weighted by molar-refractivity contribution is -0.130. The fourth-order valence-corrected chi connectivity index (χ4v) is 4.55. The van der Waals surface area contributed by atoms with Gasteiger partial charge in [0.2, 0.25) is 5.91 Å². The lowest BCUT2D eigenvalue weighted by atomic mass is 10.1. The van der Waals surface area contributed by atoms with Gasteiger partial charge in [-0.05, 0) is 68.8 Å². The number of halogens is 1. The van der Waals surface area contributed by atoms with Gasteiger partial charge in [0.25, 0.3) is 0 Å². The second-order valence-corrected chi connectivity index (χ2v) is 9.36. The zero-order valence-corrected chi connectivity index (χ0v) is 20.8. The van der Waals surface area contributed by atoms with Crippen molar-refractivity contribution in [3.63, 3.8) is 0 Å². The third-order valence-electron chi connectivity index (χ3n) is 6.57. The van der Waals surface area contributed by atoms with Crippen molar-refractivity contribution in [3.8, 4) is 11.3 Å². The maximum Gasteiger partial charge on any atom is 0.242 e. The van der Waals surface area contributed by atoms with E-state index in [0.717, 1.165) is 39.8 Å². The SMILES string of the molecule is Cc1ccc(Nc2c(-c3ccc(F)cc3)nc3n2CCN(C(=O)CNc2ccc(C)cc2C)C3)cc1. The lowest BCUT2D eigenvalue weighted by Gasteiger charge is -2.29. The molecule has 1 amide bonds. The van der Waals surface area contributed by atoms with Crippen LogP contribution >= 0.6 is 0 Å². The van der Waals surface area contributed by atoms with E-state index in [1.54, 1.807) is 12.1 Å². The molecule has 6 nitrogen and oxygen atoms in total. The van der Waals surface area contributed by atoms with Crippen molar-refractivity contribution in [1.29, 1.82) is 0 Å². The van der Waals surface area contributed by atoms with Crippen LogP contribution in [0.4, 0.5) is 21.6 Å². The molecule has 1 aromatic heterocycles. The van der Waals surface area contributed by atoms with Gasteiger partial charge >= 0.3 is 0 Å². The third-order valence-corrected chi connectivity index (χ3v) is 6.57. The predicted molar refractivity (Wildman–Crippen MR) is 142 cm³/mol.